The predicted octanol–water partition coefficient (Wildman–Crippen LogP) is 0.728. The third-order valence-corrected chi connectivity index (χ3v) is 1.95. The summed E-state index contributed by atoms with van der Waals surface area (Å²) >= 11 is 0. The minimum atomic E-state index is -5.08. The fourth-order valence-electron chi connectivity index (χ4n) is 0.968. The molecular weight excluding hydrogens is 340 g/mol. The van der Waals surface area contributed by atoms with E-state index in [-0.39, 0.29) is 0 Å². The Labute approximate surface area is 125 Å². The van der Waals surface area contributed by atoms with Crippen molar-refractivity contribution in [3.05, 3.63) is 0 Å². The number of halogens is 6. The molecule has 1 saturated heterocycles. The molecule has 0 aromatic rings. The molecule has 0 aromatic heterocycles. The maximum atomic E-state index is 10.6. The summed E-state index contributed by atoms with van der Waals surface area (Å²) in [6.07, 6.45) is -9.55. The molecule has 1 heterocycles. The highest BCUT2D eigenvalue weighted by molar-refractivity contribution is 5.73. The zero-order valence-corrected chi connectivity index (χ0v) is 11.3. The van der Waals surface area contributed by atoms with E-state index in [1.807, 2.05) is 0 Å². The second-order valence-electron chi connectivity index (χ2n) is 3.82. The molecule has 0 bridgehead atoms. The zero-order chi connectivity index (χ0) is 18.7. The molecule has 1 aliphatic heterocycles. The van der Waals surface area contributed by atoms with Crippen molar-refractivity contribution in [3.63, 3.8) is 0 Å². The summed E-state index contributed by atoms with van der Waals surface area (Å²) in [7, 11) is 0. The molecule has 0 aliphatic carbocycles. The van der Waals surface area contributed by atoms with Crippen molar-refractivity contribution >= 4 is 11.9 Å². The summed E-state index contributed by atoms with van der Waals surface area (Å²) < 4.78 is 63.5. The Hall–Kier alpha value is -2.07. The van der Waals surface area contributed by atoms with Gasteiger partial charge in [-0.1, -0.05) is 0 Å². The van der Waals surface area contributed by atoms with E-state index >= 15 is 0 Å². The Balaban J connectivity index is 0. The van der Waals surface area contributed by atoms with Crippen molar-refractivity contribution in [1.82, 2.24) is 10.6 Å². The molecule has 0 saturated carbocycles. The van der Waals surface area contributed by atoms with Crippen LogP contribution in [0.1, 0.15) is 6.42 Å². The van der Waals surface area contributed by atoms with Crippen molar-refractivity contribution in [3.8, 4) is 6.07 Å². The van der Waals surface area contributed by atoms with Gasteiger partial charge in [-0.2, -0.15) is 31.6 Å². The molecule has 1 fully saturated rings. The molecule has 1 rings (SSSR count). The zero-order valence-electron chi connectivity index (χ0n) is 11.3. The Morgan fingerprint density at radius 2 is 1.43 bits per heavy atom. The van der Waals surface area contributed by atoms with Crippen LogP contribution in [0.3, 0.4) is 0 Å². The summed E-state index contributed by atoms with van der Waals surface area (Å²) in [5.74, 6) is -5.51. The van der Waals surface area contributed by atoms with Gasteiger partial charge in [0, 0.05) is 25.7 Å². The highest BCUT2D eigenvalue weighted by atomic mass is 19.4. The lowest BCUT2D eigenvalue weighted by Crippen LogP contribution is -2.47. The first kappa shape index (κ1) is 23.2. The van der Waals surface area contributed by atoms with Crippen LogP contribution < -0.4 is 10.6 Å². The van der Waals surface area contributed by atoms with Gasteiger partial charge in [-0.15, -0.1) is 0 Å². The van der Waals surface area contributed by atoms with Crippen LogP contribution in [0, 0.1) is 11.3 Å². The highest BCUT2D eigenvalue weighted by Gasteiger charge is 2.38. The van der Waals surface area contributed by atoms with E-state index in [9.17, 15) is 26.3 Å². The van der Waals surface area contributed by atoms with E-state index in [4.69, 9.17) is 25.1 Å². The van der Waals surface area contributed by atoms with Crippen molar-refractivity contribution in [2.75, 3.05) is 19.6 Å². The second kappa shape index (κ2) is 10.6. The average Bonchev–Trinajstić information content (AvgIpc) is 2.39. The SMILES string of the molecule is N#CC[C@H]1CNCCN1.O=C(O)C(F)(F)F.O=C(O)C(F)(F)F. The topological polar surface area (TPSA) is 122 Å². The van der Waals surface area contributed by atoms with E-state index in [1.54, 1.807) is 0 Å². The number of hydrogen-bond donors (Lipinski definition) is 4. The van der Waals surface area contributed by atoms with Crippen LogP contribution in [0.15, 0.2) is 0 Å². The number of hydrogen-bond acceptors (Lipinski definition) is 5. The number of nitriles is 1. The van der Waals surface area contributed by atoms with E-state index in [1.165, 1.54) is 0 Å². The molecule has 0 aromatic carbocycles. The van der Waals surface area contributed by atoms with Crippen LogP contribution in [0.2, 0.25) is 0 Å². The number of carboxylic acid groups (broad SMARTS) is 2. The molecule has 1 atom stereocenters. The van der Waals surface area contributed by atoms with Gasteiger partial charge in [0.2, 0.25) is 0 Å². The standard InChI is InChI=1S/C6H11N3.2C2HF3O2/c7-2-1-6-5-8-3-4-9-6;2*3-2(4,5)1(6)7/h6,8-9H,1,3-5H2;2*(H,6,7)/t6-;;/m0../s1. The maximum absolute atomic E-state index is 10.6. The molecule has 13 heteroatoms. The molecule has 0 spiro atoms. The Kier molecular flexibility index (Phi) is 10.7. The average molecular weight is 353 g/mol. The highest BCUT2D eigenvalue weighted by Crippen LogP contribution is 2.13. The van der Waals surface area contributed by atoms with Gasteiger partial charge < -0.3 is 20.8 Å². The minimum Gasteiger partial charge on any atom is -0.475 e. The molecule has 1 aliphatic rings. The summed E-state index contributed by atoms with van der Waals surface area (Å²) in [5.41, 5.74) is 0. The summed E-state index contributed by atoms with van der Waals surface area (Å²) in [5, 5.41) is 29.0. The first-order chi connectivity index (χ1) is 10.3. The molecule has 23 heavy (non-hydrogen) atoms. The van der Waals surface area contributed by atoms with Gasteiger partial charge in [-0.25, -0.2) is 9.59 Å². The van der Waals surface area contributed by atoms with Gasteiger partial charge in [-0.3, -0.25) is 0 Å². The van der Waals surface area contributed by atoms with Gasteiger partial charge in [0.05, 0.1) is 12.5 Å². The lowest BCUT2D eigenvalue weighted by molar-refractivity contribution is -0.193. The molecule has 0 radical (unpaired) electrons. The van der Waals surface area contributed by atoms with E-state index in [0.29, 0.717) is 12.5 Å². The van der Waals surface area contributed by atoms with Crippen molar-refractivity contribution < 1.29 is 46.1 Å². The van der Waals surface area contributed by atoms with Crippen LogP contribution in [-0.4, -0.2) is 60.2 Å². The second-order valence-corrected chi connectivity index (χ2v) is 3.82. The number of alkyl halides is 6. The fraction of sp³-hybridized carbons (Fsp3) is 0.700. The number of nitrogens with one attached hydrogen (secondary N) is 2. The predicted molar refractivity (Wildman–Crippen MR) is 62.3 cm³/mol. The number of carbonyl (C=O) groups is 2. The van der Waals surface area contributed by atoms with Crippen LogP contribution >= 0.6 is 0 Å². The summed E-state index contributed by atoms with van der Waals surface area (Å²) in [6.45, 7) is 2.96. The Morgan fingerprint density at radius 1 is 1.04 bits per heavy atom. The third-order valence-electron chi connectivity index (χ3n) is 1.95. The van der Waals surface area contributed by atoms with Gasteiger partial charge >= 0.3 is 24.3 Å². The number of carboxylic acids is 2. The molecule has 7 nitrogen and oxygen atoms in total. The van der Waals surface area contributed by atoms with Crippen molar-refractivity contribution in [1.29, 1.82) is 5.26 Å². The molecular formula is C10H13F6N3O4. The minimum absolute atomic E-state index is 0.378. The monoisotopic (exact) mass is 353 g/mol. The number of rotatable bonds is 1. The smallest absolute Gasteiger partial charge is 0.475 e. The largest absolute Gasteiger partial charge is 0.490 e. The Morgan fingerprint density at radius 3 is 1.65 bits per heavy atom. The fourth-order valence-corrected chi connectivity index (χ4v) is 0.968. The molecule has 0 unspecified atom stereocenters. The number of aliphatic carboxylic acids is 2. The molecule has 134 valence electrons. The van der Waals surface area contributed by atoms with Crippen LogP contribution in [-0.2, 0) is 9.59 Å². The third kappa shape index (κ3) is 14.6. The van der Waals surface area contributed by atoms with Gasteiger partial charge in [0.15, 0.2) is 0 Å². The lowest BCUT2D eigenvalue weighted by atomic mass is 10.2. The van der Waals surface area contributed by atoms with Crippen LogP contribution in [0.4, 0.5) is 26.3 Å². The Bertz CT molecular complexity index is 388. The van der Waals surface area contributed by atoms with Crippen LogP contribution in [0.25, 0.3) is 0 Å². The van der Waals surface area contributed by atoms with Gasteiger partial charge in [0.1, 0.15) is 0 Å². The number of nitrogens with zero attached hydrogens (tertiary/aromatic N) is 1. The maximum Gasteiger partial charge on any atom is 0.490 e. The quantitative estimate of drug-likeness (QED) is 0.513. The van der Waals surface area contributed by atoms with Gasteiger partial charge in [0.25, 0.3) is 0 Å². The normalized spacial score (nSPS) is 17.5. The van der Waals surface area contributed by atoms with E-state index in [2.05, 4.69) is 16.7 Å². The first-order valence-electron chi connectivity index (χ1n) is 5.73. The summed E-state index contributed by atoms with van der Waals surface area (Å²) in [4.78, 5) is 17.8. The summed E-state index contributed by atoms with van der Waals surface area (Å²) in [6, 6.07) is 2.51. The van der Waals surface area contributed by atoms with E-state index in [0.717, 1.165) is 19.6 Å². The molecule has 0 amide bonds. The van der Waals surface area contributed by atoms with E-state index < -0.39 is 24.3 Å². The number of piperazine rings is 1. The van der Waals surface area contributed by atoms with Gasteiger partial charge in [-0.05, 0) is 0 Å². The van der Waals surface area contributed by atoms with Crippen molar-refractivity contribution in [2.24, 2.45) is 0 Å². The van der Waals surface area contributed by atoms with Crippen LogP contribution in [0.5, 0.6) is 0 Å². The van der Waals surface area contributed by atoms with Crippen molar-refractivity contribution in [2.45, 2.75) is 24.8 Å². The molecule has 4 N–H and O–H groups in total. The first-order valence-corrected chi connectivity index (χ1v) is 5.73. The lowest BCUT2D eigenvalue weighted by Gasteiger charge is -2.21.